The first-order chi connectivity index (χ1) is 9.29. The summed E-state index contributed by atoms with van der Waals surface area (Å²) in [6.07, 6.45) is 8.46. The molecule has 0 bridgehead atoms. The lowest BCUT2D eigenvalue weighted by atomic mass is 9.85. The van der Waals surface area contributed by atoms with Crippen molar-refractivity contribution in [3.8, 4) is 0 Å². The van der Waals surface area contributed by atoms with Gasteiger partial charge in [-0.15, -0.1) is 0 Å². The zero-order chi connectivity index (χ0) is 15.3. The van der Waals surface area contributed by atoms with Gasteiger partial charge in [-0.05, 0) is 57.3 Å². The van der Waals surface area contributed by atoms with E-state index in [-0.39, 0.29) is 17.4 Å². The highest BCUT2D eigenvalue weighted by Crippen LogP contribution is 2.33. The van der Waals surface area contributed by atoms with Crippen molar-refractivity contribution in [1.82, 2.24) is 4.90 Å². The molecule has 2 heteroatoms. The minimum absolute atomic E-state index is 0.0695. The van der Waals surface area contributed by atoms with Gasteiger partial charge in [0.05, 0.1) is 0 Å². The summed E-state index contributed by atoms with van der Waals surface area (Å²) in [6, 6.07) is 0.243. The third kappa shape index (κ3) is 4.45. The van der Waals surface area contributed by atoms with Gasteiger partial charge in [0.15, 0.2) is 0 Å². The maximum absolute atomic E-state index is 13.7. The van der Waals surface area contributed by atoms with Crippen LogP contribution in [0, 0.1) is 5.92 Å². The van der Waals surface area contributed by atoms with E-state index < -0.39 is 0 Å². The molecule has 0 amide bonds. The molecule has 0 radical (unpaired) electrons. The second-order valence-corrected chi connectivity index (χ2v) is 6.66. The molecule has 1 fully saturated rings. The zero-order valence-electron chi connectivity index (χ0n) is 13.3. The maximum atomic E-state index is 13.7. The molecule has 1 aliphatic heterocycles. The van der Waals surface area contributed by atoms with Gasteiger partial charge in [-0.2, -0.15) is 0 Å². The molecule has 0 aromatic rings. The van der Waals surface area contributed by atoms with Gasteiger partial charge in [0.2, 0.25) is 0 Å². The Hall–Kier alpha value is -1.15. The molecular weight excluding hydrogens is 249 g/mol. The fourth-order valence-electron chi connectivity index (χ4n) is 2.85. The molecule has 2 atom stereocenters. The largest absolute Gasteiger partial charge is 0.291 e. The maximum Gasteiger partial charge on any atom is 0.123 e. The Kier molecular flexibility index (Phi) is 5.94. The average Bonchev–Trinajstić information content (AvgIpc) is 2.35. The molecule has 0 N–H and O–H groups in total. The number of rotatable bonds is 4. The summed E-state index contributed by atoms with van der Waals surface area (Å²) in [4.78, 5) is 2.47. The third-order valence-electron chi connectivity index (χ3n) is 3.88. The second-order valence-electron chi connectivity index (χ2n) is 6.66. The summed E-state index contributed by atoms with van der Waals surface area (Å²) in [7, 11) is 0. The Labute approximate surface area is 123 Å². The summed E-state index contributed by atoms with van der Waals surface area (Å²) in [5.74, 6) is 0.424. The molecule has 0 saturated carbocycles. The minimum atomic E-state index is -0.262. The first-order valence-corrected chi connectivity index (χ1v) is 7.38. The third-order valence-corrected chi connectivity index (χ3v) is 3.88. The van der Waals surface area contributed by atoms with Gasteiger partial charge in [-0.25, -0.2) is 4.39 Å². The van der Waals surface area contributed by atoms with Gasteiger partial charge in [-0.3, -0.25) is 4.90 Å². The molecule has 1 aliphatic rings. The van der Waals surface area contributed by atoms with Gasteiger partial charge >= 0.3 is 0 Å². The predicted octanol–water partition coefficient (Wildman–Crippen LogP) is 5.04. The fraction of sp³-hybridized carbons (Fsp3) is 0.556. The topological polar surface area (TPSA) is 3.24 Å². The van der Waals surface area contributed by atoms with Crippen LogP contribution in [0.1, 0.15) is 40.5 Å². The van der Waals surface area contributed by atoms with Crippen LogP contribution in [-0.2, 0) is 0 Å². The van der Waals surface area contributed by atoms with Crippen LogP contribution in [0.5, 0.6) is 0 Å². The minimum Gasteiger partial charge on any atom is -0.291 e. The number of nitrogens with zero attached hydrogens (tertiary/aromatic N) is 1. The van der Waals surface area contributed by atoms with Gasteiger partial charge in [-0.1, -0.05) is 32.2 Å². The van der Waals surface area contributed by atoms with Crippen LogP contribution in [-0.4, -0.2) is 23.0 Å². The Morgan fingerprint density at radius 1 is 1.25 bits per heavy atom. The van der Waals surface area contributed by atoms with Crippen LogP contribution >= 0.6 is 0 Å². The van der Waals surface area contributed by atoms with E-state index in [2.05, 4.69) is 45.8 Å². The van der Waals surface area contributed by atoms with Crippen LogP contribution in [0.2, 0.25) is 0 Å². The van der Waals surface area contributed by atoms with Crippen molar-refractivity contribution >= 4 is 0 Å². The second kappa shape index (κ2) is 7.03. The molecule has 0 aromatic heterocycles. The first kappa shape index (κ1) is 16.9. The Morgan fingerprint density at radius 3 is 2.40 bits per heavy atom. The number of hydrogen-bond donors (Lipinski definition) is 0. The van der Waals surface area contributed by atoms with Crippen LogP contribution in [0.4, 0.5) is 4.39 Å². The van der Waals surface area contributed by atoms with E-state index in [0.717, 1.165) is 18.5 Å². The van der Waals surface area contributed by atoms with Crippen LogP contribution in [0.15, 0.2) is 48.9 Å². The van der Waals surface area contributed by atoms with Crippen molar-refractivity contribution in [2.24, 2.45) is 5.92 Å². The number of allylic oxidation sites excluding steroid dienone is 4. The Bertz CT molecular complexity index is 412. The molecule has 1 saturated heterocycles. The van der Waals surface area contributed by atoms with Gasteiger partial charge in [0, 0.05) is 18.1 Å². The lowest BCUT2D eigenvalue weighted by Gasteiger charge is -2.47. The summed E-state index contributed by atoms with van der Waals surface area (Å²) >= 11 is 0. The van der Waals surface area contributed by atoms with Crippen LogP contribution in [0.25, 0.3) is 0 Å². The molecule has 112 valence electrons. The fourth-order valence-corrected chi connectivity index (χ4v) is 2.85. The first-order valence-electron chi connectivity index (χ1n) is 7.38. The lowest BCUT2D eigenvalue weighted by molar-refractivity contribution is 0.0468. The molecular formula is C18H28FN. The highest BCUT2D eigenvalue weighted by molar-refractivity contribution is 5.32. The van der Waals surface area contributed by atoms with E-state index in [1.807, 2.05) is 0 Å². The molecule has 1 rings (SSSR count). The van der Waals surface area contributed by atoms with Gasteiger partial charge in [0.1, 0.15) is 5.83 Å². The number of piperidine rings is 1. The number of likely N-dealkylation sites (tertiary alicyclic amines) is 1. The average molecular weight is 277 g/mol. The normalized spacial score (nSPS) is 26.4. The standard InChI is InChI=1S/C18H28FN/c1-7-9-16(19)12-15(8-2)17-11-10-14(3)13-20(17)18(4,5)6/h7-9,12,14,17H,1-2,10-11,13H2,3-6H3/b15-12+,16-9+. The molecule has 0 aromatic carbocycles. The highest BCUT2D eigenvalue weighted by atomic mass is 19.1. The Balaban J connectivity index is 3.08. The monoisotopic (exact) mass is 277 g/mol. The number of halogens is 1. The van der Waals surface area contributed by atoms with E-state index in [1.54, 1.807) is 12.2 Å². The molecule has 0 spiro atoms. The summed E-state index contributed by atoms with van der Waals surface area (Å²) in [6.45, 7) is 17.4. The molecule has 20 heavy (non-hydrogen) atoms. The zero-order valence-corrected chi connectivity index (χ0v) is 13.3. The van der Waals surface area contributed by atoms with Crippen LogP contribution in [0.3, 0.4) is 0 Å². The highest BCUT2D eigenvalue weighted by Gasteiger charge is 2.34. The van der Waals surface area contributed by atoms with E-state index in [0.29, 0.717) is 5.92 Å². The Morgan fingerprint density at radius 2 is 1.90 bits per heavy atom. The summed E-state index contributed by atoms with van der Waals surface area (Å²) in [5.41, 5.74) is 1.03. The van der Waals surface area contributed by atoms with E-state index in [9.17, 15) is 4.39 Å². The van der Waals surface area contributed by atoms with Crippen molar-refractivity contribution in [3.05, 3.63) is 48.9 Å². The van der Waals surface area contributed by atoms with E-state index >= 15 is 0 Å². The van der Waals surface area contributed by atoms with Gasteiger partial charge < -0.3 is 0 Å². The molecule has 2 unspecified atom stereocenters. The van der Waals surface area contributed by atoms with Crippen molar-refractivity contribution in [1.29, 1.82) is 0 Å². The molecule has 0 aliphatic carbocycles. The quantitative estimate of drug-likeness (QED) is 0.651. The molecule has 1 nitrogen and oxygen atoms in total. The summed E-state index contributed by atoms with van der Waals surface area (Å²) < 4.78 is 13.7. The van der Waals surface area contributed by atoms with Gasteiger partial charge in [0.25, 0.3) is 0 Å². The van der Waals surface area contributed by atoms with E-state index in [1.165, 1.54) is 18.6 Å². The smallest absolute Gasteiger partial charge is 0.123 e. The summed E-state index contributed by atoms with van der Waals surface area (Å²) in [5, 5.41) is 0. The SMILES string of the molecule is C=C/C=C(F)\C=C(/C=C)C1CCC(C)CN1C(C)(C)C. The van der Waals surface area contributed by atoms with Crippen molar-refractivity contribution in [2.45, 2.75) is 52.1 Å². The van der Waals surface area contributed by atoms with Crippen molar-refractivity contribution in [3.63, 3.8) is 0 Å². The van der Waals surface area contributed by atoms with Crippen molar-refractivity contribution in [2.75, 3.05) is 6.54 Å². The lowest BCUT2D eigenvalue weighted by Crippen LogP contribution is -2.53. The predicted molar refractivity (Wildman–Crippen MR) is 86.3 cm³/mol. The molecule has 1 heterocycles. The van der Waals surface area contributed by atoms with Crippen molar-refractivity contribution < 1.29 is 4.39 Å². The van der Waals surface area contributed by atoms with Crippen LogP contribution < -0.4 is 0 Å². The number of hydrogen-bond acceptors (Lipinski definition) is 1. The van der Waals surface area contributed by atoms with E-state index in [4.69, 9.17) is 0 Å².